The molecule has 1 unspecified atom stereocenters. The SMILES string of the molecule is COc1ccc(CCN(C)CCCC2(C#N)CCCc3ccccc32)cc1OC. The summed E-state index contributed by atoms with van der Waals surface area (Å²) in [5.41, 5.74) is 3.56. The molecular formula is C25H32N2O2. The summed E-state index contributed by atoms with van der Waals surface area (Å²) in [6.07, 6.45) is 6.12. The molecule has 0 N–H and O–H groups in total. The second kappa shape index (κ2) is 9.80. The first-order valence-electron chi connectivity index (χ1n) is 10.5. The molecule has 1 aliphatic carbocycles. The molecule has 0 fully saturated rings. The third kappa shape index (κ3) is 4.92. The molecule has 0 radical (unpaired) electrons. The first-order chi connectivity index (χ1) is 14.1. The van der Waals surface area contributed by atoms with Crippen LogP contribution in [0.25, 0.3) is 0 Å². The third-order valence-corrected chi connectivity index (χ3v) is 6.17. The number of aryl methyl sites for hydroxylation is 1. The summed E-state index contributed by atoms with van der Waals surface area (Å²) < 4.78 is 10.7. The smallest absolute Gasteiger partial charge is 0.160 e. The average Bonchev–Trinajstić information content (AvgIpc) is 2.77. The number of nitriles is 1. The second-order valence-corrected chi connectivity index (χ2v) is 8.05. The lowest BCUT2D eigenvalue weighted by molar-refractivity contribution is 0.307. The number of benzene rings is 2. The lowest BCUT2D eigenvalue weighted by Gasteiger charge is -2.34. The number of nitrogens with zero attached hydrogens (tertiary/aromatic N) is 2. The van der Waals surface area contributed by atoms with Crippen LogP contribution in [0.3, 0.4) is 0 Å². The van der Waals surface area contributed by atoms with Crippen LogP contribution >= 0.6 is 0 Å². The molecule has 29 heavy (non-hydrogen) atoms. The summed E-state index contributed by atoms with van der Waals surface area (Å²) in [5.74, 6) is 1.54. The first kappa shape index (κ1) is 21.2. The van der Waals surface area contributed by atoms with E-state index in [0.717, 1.165) is 63.1 Å². The zero-order valence-corrected chi connectivity index (χ0v) is 17.9. The van der Waals surface area contributed by atoms with Gasteiger partial charge in [0.15, 0.2) is 11.5 Å². The number of methoxy groups -OCH3 is 2. The van der Waals surface area contributed by atoms with Crippen LogP contribution in [-0.2, 0) is 18.3 Å². The topological polar surface area (TPSA) is 45.5 Å². The molecular weight excluding hydrogens is 360 g/mol. The van der Waals surface area contributed by atoms with E-state index in [1.54, 1.807) is 14.2 Å². The van der Waals surface area contributed by atoms with E-state index in [0.29, 0.717) is 0 Å². The van der Waals surface area contributed by atoms with Crippen LogP contribution in [0.15, 0.2) is 42.5 Å². The van der Waals surface area contributed by atoms with Gasteiger partial charge in [0.05, 0.1) is 25.7 Å². The van der Waals surface area contributed by atoms with Crippen molar-refractivity contribution in [2.24, 2.45) is 0 Å². The van der Waals surface area contributed by atoms with Crippen LogP contribution in [0.5, 0.6) is 11.5 Å². The molecule has 154 valence electrons. The van der Waals surface area contributed by atoms with Crippen LogP contribution in [0.2, 0.25) is 0 Å². The fourth-order valence-electron chi connectivity index (χ4n) is 4.47. The highest BCUT2D eigenvalue weighted by atomic mass is 16.5. The molecule has 0 heterocycles. The van der Waals surface area contributed by atoms with E-state index in [-0.39, 0.29) is 5.41 Å². The van der Waals surface area contributed by atoms with Crippen molar-refractivity contribution < 1.29 is 9.47 Å². The van der Waals surface area contributed by atoms with Gasteiger partial charge in [0.2, 0.25) is 0 Å². The second-order valence-electron chi connectivity index (χ2n) is 8.05. The summed E-state index contributed by atoms with van der Waals surface area (Å²) in [5, 5.41) is 10.0. The van der Waals surface area contributed by atoms with E-state index in [1.807, 2.05) is 6.07 Å². The summed E-state index contributed by atoms with van der Waals surface area (Å²) in [7, 11) is 5.49. The zero-order valence-electron chi connectivity index (χ0n) is 17.9. The fraction of sp³-hybridized carbons (Fsp3) is 0.480. The Kier molecular flexibility index (Phi) is 7.17. The Morgan fingerprint density at radius 3 is 2.62 bits per heavy atom. The van der Waals surface area contributed by atoms with Crippen LogP contribution < -0.4 is 9.47 Å². The van der Waals surface area contributed by atoms with E-state index < -0.39 is 0 Å². The molecule has 4 heteroatoms. The number of hydrogen-bond acceptors (Lipinski definition) is 4. The van der Waals surface area contributed by atoms with Crippen LogP contribution in [0.1, 0.15) is 42.4 Å². The molecule has 0 spiro atoms. The van der Waals surface area contributed by atoms with Gasteiger partial charge in [-0.3, -0.25) is 0 Å². The van der Waals surface area contributed by atoms with E-state index in [9.17, 15) is 5.26 Å². The Morgan fingerprint density at radius 2 is 1.86 bits per heavy atom. The normalized spacial score (nSPS) is 18.2. The van der Waals surface area contributed by atoms with E-state index in [2.05, 4.69) is 54.4 Å². The minimum absolute atomic E-state index is 0.307. The lowest BCUT2D eigenvalue weighted by atomic mass is 9.68. The number of ether oxygens (including phenoxy) is 2. The number of hydrogen-bond donors (Lipinski definition) is 0. The van der Waals surface area contributed by atoms with Gasteiger partial charge in [-0.2, -0.15) is 5.26 Å². The maximum Gasteiger partial charge on any atom is 0.160 e. The Hall–Kier alpha value is -2.51. The minimum atomic E-state index is -0.307. The maximum atomic E-state index is 10.0. The Labute approximate surface area is 175 Å². The maximum absolute atomic E-state index is 10.0. The predicted molar refractivity (Wildman–Crippen MR) is 117 cm³/mol. The third-order valence-electron chi connectivity index (χ3n) is 6.17. The molecule has 0 amide bonds. The standard InChI is InChI=1S/C25H32N2O2/c1-27(17-13-20-11-12-23(28-2)24(18-20)29-3)16-7-15-25(19-26)14-6-9-21-8-4-5-10-22(21)25/h4-5,8,10-12,18H,6-7,9,13-17H2,1-3H3. The quantitative estimate of drug-likeness (QED) is 0.617. The van der Waals surface area contributed by atoms with Crippen LogP contribution in [0, 0.1) is 11.3 Å². The molecule has 0 saturated heterocycles. The van der Waals surface area contributed by atoms with Crippen molar-refractivity contribution in [2.75, 3.05) is 34.4 Å². The van der Waals surface area contributed by atoms with E-state index in [4.69, 9.17) is 9.47 Å². The molecule has 1 atom stereocenters. The minimum Gasteiger partial charge on any atom is -0.493 e. The Bertz CT molecular complexity index is 858. The monoisotopic (exact) mass is 392 g/mol. The highest BCUT2D eigenvalue weighted by molar-refractivity contribution is 5.43. The number of likely N-dealkylation sites (N-methyl/N-ethyl adjacent to an activating group) is 1. The van der Waals surface area contributed by atoms with Gasteiger partial charge in [-0.25, -0.2) is 0 Å². The van der Waals surface area contributed by atoms with Gasteiger partial charge >= 0.3 is 0 Å². The molecule has 2 aromatic carbocycles. The highest BCUT2D eigenvalue weighted by Gasteiger charge is 2.36. The van der Waals surface area contributed by atoms with Crippen molar-refractivity contribution in [1.29, 1.82) is 5.26 Å². The van der Waals surface area contributed by atoms with E-state index >= 15 is 0 Å². The molecule has 4 nitrogen and oxygen atoms in total. The number of fused-ring (bicyclic) bond motifs is 1. The summed E-state index contributed by atoms with van der Waals surface area (Å²) in [6.45, 7) is 1.98. The van der Waals surface area contributed by atoms with Gasteiger partial charge in [-0.1, -0.05) is 30.3 Å². The number of rotatable bonds is 9. The van der Waals surface area contributed by atoms with Crippen molar-refractivity contribution in [2.45, 2.75) is 43.9 Å². The van der Waals surface area contributed by atoms with Crippen molar-refractivity contribution in [1.82, 2.24) is 4.90 Å². The van der Waals surface area contributed by atoms with Crippen molar-refractivity contribution >= 4 is 0 Å². The molecule has 0 bridgehead atoms. The Balaban J connectivity index is 1.53. The van der Waals surface area contributed by atoms with Crippen molar-refractivity contribution in [3.05, 3.63) is 59.2 Å². The van der Waals surface area contributed by atoms with Gasteiger partial charge < -0.3 is 14.4 Å². The summed E-state index contributed by atoms with van der Waals surface area (Å²) in [4.78, 5) is 2.36. The summed E-state index contributed by atoms with van der Waals surface area (Å²) >= 11 is 0. The van der Waals surface area contributed by atoms with Gasteiger partial charge in [-0.05, 0) is 80.9 Å². The average molecular weight is 393 g/mol. The van der Waals surface area contributed by atoms with Crippen molar-refractivity contribution in [3.8, 4) is 17.6 Å². The van der Waals surface area contributed by atoms with Crippen LogP contribution in [0.4, 0.5) is 0 Å². The van der Waals surface area contributed by atoms with Gasteiger partial charge in [-0.15, -0.1) is 0 Å². The fourth-order valence-corrected chi connectivity index (χ4v) is 4.47. The molecule has 0 aliphatic heterocycles. The van der Waals surface area contributed by atoms with E-state index in [1.165, 1.54) is 16.7 Å². The predicted octanol–water partition coefficient (Wildman–Crippen LogP) is 4.76. The van der Waals surface area contributed by atoms with Gasteiger partial charge in [0.1, 0.15) is 0 Å². The largest absolute Gasteiger partial charge is 0.493 e. The first-order valence-corrected chi connectivity index (χ1v) is 10.5. The summed E-state index contributed by atoms with van der Waals surface area (Å²) in [6, 6.07) is 17.3. The Morgan fingerprint density at radius 1 is 1.07 bits per heavy atom. The van der Waals surface area contributed by atoms with Crippen molar-refractivity contribution in [3.63, 3.8) is 0 Å². The molecule has 1 aliphatic rings. The van der Waals surface area contributed by atoms with Gasteiger partial charge in [0.25, 0.3) is 0 Å². The molecule has 0 saturated carbocycles. The molecule has 3 rings (SSSR count). The molecule has 0 aromatic heterocycles. The lowest BCUT2D eigenvalue weighted by Crippen LogP contribution is -2.31. The van der Waals surface area contributed by atoms with Crippen LogP contribution in [-0.4, -0.2) is 39.3 Å². The zero-order chi connectivity index (χ0) is 20.7. The van der Waals surface area contributed by atoms with Gasteiger partial charge in [0, 0.05) is 6.54 Å². The molecule has 2 aromatic rings. The highest BCUT2D eigenvalue weighted by Crippen LogP contribution is 2.40.